The average Bonchev–Trinajstić information content (AvgIpc) is 2.42. The van der Waals surface area contributed by atoms with Gasteiger partial charge in [-0.1, -0.05) is 11.5 Å². The Morgan fingerprint density at radius 1 is 1.33 bits per heavy atom. The van der Waals surface area contributed by atoms with Gasteiger partial charge in [-0.2, -0.15) is 0 Å². The van der Waals surface area contributed by atoms with Crippen molar-refractivity contribution < 1.29 is 4.39 Å². The molecule has 1 heterocycles. The molecule has 0 saturated carbocycles. The highest BCUT2D eigenvalue weighted by atomic mass is 19.1. The Hall–Kier alpha value is -1.52. The van der Waals surface area contributed by atoms with Crippen molar-refractivity contribution in [2.24, 2.45) is 0 Å². The number of fused-ring (bicyclic) bond motifs is 1. The number of hydrogen-bond acceptors (Lipinski definition) is 1. The molecule has 0 aliphatic carbocycles. The Kier molecular flexibility index (Phi) is 1.33. The molecule has 0 bridgehead atoms. The third-order valence-electron chi connectivity index (χ3n) is 1.71. The van der Waals surface area contributed by atoms with Crippen LogP contribution in [0, 0.1) is 5.82 Å². The third kappa shape index (κ3) is 0.793. The lowest BCUT2D eigenvalue weighted by Gasteiger charge is -1.94. The van der Waals surface area contributed by atoms with Crippen LogP contribution in [0.3, 0.4) is 0 Å². The first-order valence-corrected chi connectivity index (χ1v) is 3.34. The van der Waals surface area contributed by atoms with Crippen LogP contribution in [0.15, 0.2) is 16.9 Å². The van der Waals surface area contributed by atoms with Crippen molar-refractivity contribution in [3.8, 4) is 0 Å². The van der Waals surface area contributed by atoms with Crippen LogP contribution in [-0.4, -0.2) is 18.0 Å². The van der Waals surface area contributed by atoms with E-state index < -0.39 is 11.4 Å². The lowest BCUT2D eigenvalue weighted by atomic mass is 9.94. The highest BCUT2D eigenvalue weighted by Gasteiger charge is 2.07. The van der Waals surface area contributed by atoms with E-state index in [9.17, 15) is 9.18 Å². The van der Waals surface area contributed by atoms with Gasteiger partial charge >= 0.3 is 0 Å². The first-order valence-electron chi connectivity index (χ1n) is 3.34. The molecule has 2 rings (SSSR count). The number of aromatic amines is 2. The topological polar surface area (TPSA) is 48.6 Å². The van der Waals surface area contributed by atoms with Crippen molar-refractivity contribution in [2.75, 3.05) is 0 Å². The molecule has 1 aromatic carbocycles. The van der Waals surface area contributed by atoms with Crippen molar-refractivity contribution in [1.29, 1.82) is 0 Å². The summed E-state index contributed by atoms with van der Waals surface area (Å²) in [5, 5.41) is 4.73. The summed E-state index contributed by atoms with van der Waals surface area (Å²) >= 11 is 0. The summed E-state index contributed by atoms with van der Waals surface area (Å²) in [6.45, 7) is 0. The quantitative estimate of drug-likeness (QED) is 0.517. The average molecular weight is 162 g/mol. The van der Waals surface area contributed by atoms with Crippen LogP contribution < -0.4 is 11.0 Å². The van der Waals surface area contributed by atoms with Crippen LogP contribution in [0.4, 0.5) is 4.39 Å². The van der Waals surface area contributed by atoms with Crippen molar-refractivity contribution in [2.45, 2.75) is 0 Å². The number of hydrogen-bond donors (Lipinski definition) is 2. The largest absolute Gasteiger partial charge is 0.298 e. The summed E-state index contributed by atoms with van der Waals surface area (Å²) in [6.07, 6.45) is 0. The molecule has 5 heteroatoms. The predicted octanol–water partition coefficient (Wildman–Crippen LogP) is -0.211. The van der Waals surface area contributed by atoms with E-state index in [1.165, 1.54) is 12.1 Å². The standard InChI is InChI=1S/C7H4BFN2O/c8-3-1-2-4(9)5-6(3)10-11-7(5)12/h1-2H,(H2,10,11,12). The van der Waals surface area contributed by atoms with Gasteiger partial charge in [-0.05, 0) is 6.07 Å². The number of benzene rings is 1. The second-order valence-corrected chi connectivity index (χ2v) is 2.47. The Labute approximate surface area is 68.0 Å². The molecule has 0 aliphatic rings. The lowest BCUT2D eigenvalue weighted by molar-refractivity contribution is 0.639. The van der Waals surface area contributed by atoms with E-state index >= 15 is 0 Å². The van der Waals surface area contributed by atoms with Crippen molar-refractivity contribution in [1.82, 2.24) is 10.2 Å². The fourth-order valence-electron chi connectivity index (χ4n) is 1.13. The van der Waals surface area contributed by atoms with Gasteiger partial charge in [-0.15, -0.1) is 0 Å². The summed E-state index contributed by atoms with van der Waals surface area (Å²) in [4.78, 5) is 11.0. The van der Waals surface area contributed by atoms with Gasteiger partial charge in [0.2, 0.25) is 0 Å². The maximum absolute atomic E-state index is 13.0. The highest BCUT2D eigenvalue weighted by Crippen LogP contribution is 2.07. The second kappa shape index (κ2) is 2.23. The zero-order valence-electron chi connectivity index (χ0n) is 6.02. The summed E-state index contributed by atoms with van der Waals surface area (Å²) in [5.74, 6) is -0.568. The number of rotatable bonds is 0. The summed E-state index contributed by atoms with van der Waals surface area (Å²) in [7, 11) is 5.48. The molecule has 58 valence electrons. The fraction of sp³-hybridized carbons (Fsp3) is 0. The number of H-pyrrole nitrogens is 2. The number of halogens is 1. The van der Waals surface area contributed by atoms with Gasteiger partial charge in [-0.3, -0.25) is 15.0 Å². The lowest BCUT2D eigenvalue weighted by Crippen LogP contribution is -2.06. The molecule has 2 aromatic rings. The molecule has 3 nitrogen and oxygen atoms in total. The molecule has 0 amide bonds. The van der Waals surface area contributed by atoms with E-state index in [1.54, 1.807) is 0 Å². The Balaban J connectivity index is 3.09. The molecule has 1 aromatic heterocycles. The minimum Gasteiger partial charge on any atom is -0.298 e. The molecule has 0 atom stereocenters. The maximum Gasteiger partial charge on any atom is 0.274 e. The summed E-state index contributed by atoms with van der Waals surface area (Å²) in [6, 6.07) is 2.57. The predicted molar refractivity (Wildman–Crippen MR) is 44.3 cm³/mol. The first-order chi connectivity index (χ1) is 5.70. The van der Waals surface area contributed by atoms with Crippen LogP contribution in [0.5, 0.6) is 0 Å². The van der Waals surface area contributed by atoms with E-state index in [0.29, 0.717) is 11.0 Å². The molecule has 0 saturated heterocycles. The van der Waals surface area contributed by atoms with Crippen LogP contribution in [0.1, 0.15) is 0 Å². The first kappa shape index (κ1) is 7.15. The van der Waals surface area contributed by atoms with Gasteiger partial charge in [-0.25, -0.2) is 4.39 Å². The third-order valence-corrected chi connectivity index (χ3v) is 1.71. The molecule has 0 aliphatic heterocycles. The van der Waals surface area contributed by atoms with Gasteiger partial charge in [0, 0.05) is 0 Å². The molecule has 2 radical (unpaired) electrons. The van der Waals surface area contributed by atoms with Crippen LogP contribution in [0.25, 0.3) is 10.9 Å². The number of aromatic nitrogens is 2. The minimum atomic E-state index is -0.568. The normalized spacial score (nSPS) is 10.8. The summed E-state index contributed by atoms with van der Waals surface area (Å²) < 4.78 is 13.0. The summed E-state index contributed by atoms with van der Waals surface area (Å²) in [5.41, 5.74) is 0.180. The van der Waals surface area contributed by atoms with Gasteiger partial charge in [0.05, 0.1) is 5.52 Å². The molecule has 0 fully saturated rings. The van der Waals surface area contributed by atoms with E-state index in [1.807, 2.05) is 0 Å². The number of nitrogens with one attached hydrogen (secondary N) is 2. The zero-order chi connectivity index (χ0) is 8.72. The fourth-order valence-corrected chi connectivity index (χ4v) is 1.13. The monoisotopic (exact) mass is 162 g/mol. The Morgan fingerprint density at radius 2 is 2.08 bits per heavy atom. The van der Waals surface area contributed by atoms with Gasteiger partial charge in [0.15, 0.2) is 0 Å². The van der Waals surface area contributed by atoms with Gasteiger partial charge in [0.1, 0.15) is 19.0 Å². The molecule has 2 N–H and O–H groups in total. The van der Waals surface area contributed by atoms with Crippen molar-refractivity contribution in [3.63, 3.8) is 0 Å². The van der Waals surface area contributed by atoms with E-state index in [0.717, 1.165) is 0 Å². The Morgan fingerprint density at radius 3 is 2.75 bits per heavy atom. The molecule has 0 unspecified atom stereocenters. The van der Waals surface area contributed by atoms with E-state index in [-0.39, 0.29) is 5.39 Å². The van der Waals surface area contributed by atoms with E-state index in [2.05, 4.69) is 10.2 Å². The molecule has 12 heavy (non-hydrogen) atoms. The van der Waals surface area contributed by atoms with Gasteiger partial charge < -0.3 is 0 Å². The van der Waals surface area contributed by atoms with Crippen molar-refractivity contribution >= 4 is 24.2 Å². The van der Waals surface area contributed by atoms with Crippen LogP contribution in [0.2, 0.25) is 0 Å². The van der Waals surface area contributed by atoms with Crippen LogP contribution >= 0.6 is 0 Å². The molecular weight excluding hydrogens is 158 g/mol. The maximum atomic E-state index is 13.0. The van der Waals surface area contributed by atoms with Crippen LogP contribution in [-0.2, 0) is 0 Å². The van der Waals surface area contributed by atoms with Crippen molar-refractivity contribution in [3.05, 3.63) is 28.3 Å². The van der Waals surface area contributed by atoms with E-state index in [4.69, 9.17) is 7.85 Å². The molecule has 0 spiro atoms. The smallest absolute Gasteiger partial charge is 0.274 e. The minimum absolute atomic E-state index is 0.0185. The molecular formula is C7H4BFN2O. The van der Waals surface area contributed by atoms with Gasteiger partial charge in [0.25, 0.3) is 5.56 Å². The SMILES string of the molecule is [B]c1ccc(F)c2c(=O)[nH][nH]c12. The zero-order valence-corrected chi connectivity index (χ0v) is 6.02. The second-order valence-electron chi connectivity index (χ2n) is 2.47. The Bertz CT molecular complexity index is 488. The highest BCUT2D eigenvalue weighted by molar-refractivity contribution is 6.38.